The molecule has 1 N–H and O–H groups in total. The molecule has 1 aromatic carbocycles. The van der Waals surface area contributed by atoms with Gasteiger partial charge in [0.25, 0.3) is 0 Å². The average molecular weight is 229 g/mol. The Morgan fingerprint density at radius 3 is 2.76 bits per heavy atom. The standard InChI is InChI=1S/C14H15NO2/c16-14(17)9-13-7-4-8-15(11-13)10-12-5-2-1-3-6-12/h1-8H,9-11H2,(H,16,17). The molecule has 0 atom stereocenters. The molecule has 0 amide bonds. The maximum atomic E-state index is 10.6. The molecule has 1 aliphatic rings. The van der Waals surface area contributed by atoms with Gasteiger partial charge in [-0.15, -0.1) is 0 Å². The van der Waals surface area contributed by atoms with E-state index in [1.165, 1.54) is 5.56 Å². The molecule has 1 aromatic rings. The molecule has 3 nitrogen and oxygen atoms in total. The van der Waals surface area contributed by atoms with Gasteiger partial charge >= 0.3 is 5.97 Å². The van der Waals surface area contributed by atoms with Crippen LogP contribution in [0, 0.1) is 0 Å². The van der Waals surface area contributed by atoms with E-state index in [1.807, 2.05) is 36.6 Å². The van der Waals surface area contributed by atoms with E-state index in [0.29, 0.717) is 6.54 Å². The van der Waals surface area contributed by atoms with Gasteiger partial charge in [-0.3, -0.25) is 4.79 Å². The molecule has 88 valence electrons. The lowest BCUT2D eigenvalue weighted by Crippen LogP contribution is -2.22. The van der Waals surface area contributed by atoms with E-state index in [2.05, 4.69) is 17.0 Å². The SMILES string of the molecule is O=C(O)CC1=CC=CN(Cc2ccccc2)C1. The summed E-state index contributed by atoms with van der Waals surface area (Å²) in [5.41, 5.74) is 2.17. The highest BCUT2D eigenvalue weighted by Gasteiger charge is 2.10. The number of carbonyl (C=O) groups is 1. The Morgan fingerprint density at radius 1 is 1.29 bits per heavy atom. The van der Waals surface area contributed by atoms with E-state index in [9.17, 15) is 4.79 Å². The summed E-state index contributed by atoms with van der Waals surface area (Å²) in [6.07, 6.45) is 5.91. The Hall–Kier alpha value is -2.03. The molecule has 1 aliphatic heterocycles. The molecular weight excluding hydrogens is 214 g/mol. The summed E-state index contributed by atoms with van der Waals surface area (Å²) in [6, 6.07) is 10.2. The van der Waals surface area contributed by atoms with Crippen LogP contribution < -0.4 is 0 Å². The molecule has 0 unspecified atom stereocenters. The Labute approximate surface area is 101 Å². The van der Waals surface area contributed by atoms with Gasteiger partial charge in [0.15, 0.2) is 0 Å². The predicted octanol–water partition coefficient (Wildman–Crippen LogP) is 2.42. The van der Waals surface area contributed by atoms with Crippen molar-refractivity contribution in [3.63, 3.8) is 0 Å². The highest BCUT2D eigenvalue weighted by atomic mass is 16.4. The van der Waals surface area contributed by atoms with Crippen molar-refractivity contribution in [1.82, 2.24) is 4.90 Å². The molecule has 2 rings (SSSR count). The number of hydrogen-bond acceptors (Lipinski definition) is 2. The molecule has 0 bridgehead atoms. The molecule has 0 saturated heterocycles. The summed E-state index contributed by atoms with van der Waals surface area (Å²) >= 11 is 0. The fourth-order valence-electron chi connectivity index (χ4n) is 1.90. The van der Waals surface area contributed by atoms with E-state index in [0.717, 1.165) is 12.1 Å². The first-order valence-corrected chi connectivity index (χ1v) is 5.60. The number of benzene rings is 1. The van der Waals surface area contributed by atoms with E-state index >= 15 is 0 Å². The number of carboxylic acids is 1. The van der Waals surface area contributed by atoms with E-state index in [1.54, 1.807) is 0 Å². The summed E-state index contributed by atoms with van der Waals surface area (Å²) in [6.45, 7) is 1.51. The Morgan fingerprint density at radius 2 is 2.06 bits per heavy atom. The fourth-order valence-corrected chi connectivity index (χ4v) is 1.90. The van der Waals surface area contributed by atoms with Gasteiger partial charge in [-0.2, -0.15) is 0 Å². The number of carboxylic acid groups (broad SMARTS) is 1. The van der Waals surface area contributed by atoms with Crippen molar-refractivity contribution < 1.29 is 9.90 Å². The minimum absolute atomic E-state index is 0.121. The molecule has 0 aliphatic carbocycles. The third-order valence-electron chi connectivity index (χ3n) is 2.64. The van der Waals surface area contributed by atoms with Gasteiger partial charge in [0.1, 0.15) is 0 Å². The lowest BCUT2D eigenvalue weighted by Gasteiger charge is -2.24. The van der Waals surface area contributed by atoms with Gasteiger partial charge < -0.3 is 10.0 Å². The van der Waals surface area contributed by atoms with Crippen LogP contribution in [0.5, 0.6) is 0 Å². The first-order chi connectivity index (χ1) is 8.24. The predicted molar refractivity (Wildman–Crippen MR) is 66.3 cm³/mol. The van der Waals surface area contributed by atoms with Crippen molar-refractivity contribution in [2.24, 2.45) is 0 Å². The second kappa shape index (κ2) is 5.34. The Balaban J connectivity index is 1.95. The van der Waals surface area contributed by atoms with E-state index in [-0.39, 0.29) is 6.42 Å². The lowest BCUT2D eigenvalue weighted by atomic mass is 10.1. The third-order valence-corrected chi connectivity index (χ3v) is 2.64. The van der Waals surface area contributed by atoms with Crippen molar-refractivity contribution in [2.75, 3.05) is 6.54 Å². The molecule has 0 aromatic heterocycles. The molecular formula is C14H15NO2. The van der Waals surface area contributed by atoms with Gasteiger partial charge in [0, 0.05) is 13.1 Å². The highest BCUT2D eigenvalue weighted by molar-refractivity contribution is 5.70. The summed E-state index contributed by atoms with van der Waals surface area (Å²) < 4.78 is 0. The summed E-state index contributed by atoms with van der Waals surface area (Å²) in [5.74, 6) is -0.772. The first kappa shape index (κ1) is 11.5. The van der Waals surface area contributed by atoms with Crippen molar-refractivity contribution in [1.29, 1.82) is 0 Å². The normalized spacial score (nSPS) is 14.6. The van der Waals surface area contributed by atoms with Crippen molar-refractivity contribution in [3.8, 4) is 0 Å². The molecule has 0 saturated carbocycles. The number of nitrogens with zero attached hydrogens (tertiary/aromatic N) is 1. The lowest BCUT2D eigenvalue weighted by molar-refractivity contribution is -0.136. The monoisotopic (exact) mass is 229 g/mol. The zero-order chi connectivity index (χ0) is 12.1. The Bertz CT molecular complexity index is 449. The quantitative estimate of drug-likeness (QED) is 0.862. The van der Waals surface area contributed by atoms with Crippen LogP contribution in [-0.4, -0.2) is 22.5 Å². The number of rotatable bonds is 4. The number of hydrogen-bond donors (Lipinski definition) is 1. The maximum Gasteiger partial charge on any atom is 0.307 e. The van der Waals surface area contributed by atoms with Gasteiger partial charge in [0.2, 0.25) is 0 Å². The zero-order valence-corrected chi connectivity index (χ0v) is 9.54. The maximum absolute atomic E-state index is 10.6. The van der Waals surface area contributed by atoms with Crippen LogP contribution in [-0.2, 0) is 11.3 Å². The summed E-state index contributed by atoms with van der Waals surface area (Å²) in [7, 11) is 0. The molecule has 0 radical (unpaired) electrons. The van der Waals surface area contributed by atoms with Crippen molar-refractivity contribution in [2.45, 2.75) is 13.0 Å². The smallest absolute Gasteiger partial charge is 0.307 e. The number of aliphatic carboxylic acids is 1. The third kappa shape index (κ3) is 3.48. The minimum atomic E-state index is -0.772. The summed E-state index contributed by atoms with van der Waals surface area (Å²) in [4.78, 5) is 12.8. The Kier molecular flexibility index (Phi) is 3.60. The van der Waals surface area contributed by atoms with Gasteiger partial charge in [-0.05, 0) is 23.4 Å². The average Bonchev–Trinajstić information content (AvgIpc) is 2.30. The largest absolute Gasteiger partial charge is 0.481 e. The fraction of sp³-hybridized carbons (Fsp3) is 0.214. The van der Waals surface area contributed by atoms with Gasteiger partial charge in [-0.1, -0.05) is 36.4 Å². The van der Waals surface area contributed by atoms with Crippen LogP contribution in [0.25, 0.3) is 0 Å². The zero-order valence-electron chi connectivity index (χ0n) is 9.54. The van der Waals surface area contributed by atoms with Crippen LogP contribution in [0.4, 0.5) is 0 Å². The number of allylic oxidation sites excluding steroid dienone is 2. The van der Waals surface area contributed by atoms with Gasteiger partial charge in [0.05, 0.1) is 6.42 Å². The van der Waals surface area contributed by atoms with Crippen LogP contribution in [0.3, 0.4) is 0 Å². The summed E-state index contributed by atoms with van der Waals surface area (Å²) in [5, 5.41) is 8.76. The minimum Gasteiger partial charge on any atom is -0.481 e. The van der Waals surface area contributed by atoms with E-state index < -0.39 is 5.97 Å². The van der Waals surface area contributed by atoms with Crippen LogP contribution in [0.15, 0.2) is 54.3 Å². The topological polar surface area (TPSA) is 40.5 Å². The molecule has 1 heterocycles. The van der Waals surface area contributed by atoms with Gasteiger partial charge in [-0.25, -0.2) is 0 Å². The van der Waals surface area contributed by atoms with Crippen LogP contribution in [0.1, 0.15) is 12.0 Å². The second-order valence-corrected chi connectivity index (χ2v) is 4.13. The van der Waals surface area contributed by atoms with Crippen LogP contribution >= 0.6 is 0 Å². The van der Waals surface area contributed by atoms with E-state index in [4.69, 9.17) is 5.11 Å². The van der Waals surface area contributed by atoms with Crippen LogP contribution in [0.2, 0.25) is 0 Å². The molecule has 0 spiro atoms. The highest BCUT2D eigenvalue weighted by Crippen LogP contribution is 2.14. The van der Waals surface area contributed by atoms with Crippen molar-refractivity contribution >= 4 is 5.97 Å². The van der Waals surface area contributed by atoms with Crippen molar-refractivity contribution in [3.05, 3.63) is 59.8 Å². The first-order valence-electron chi connectivity index (χ1n) is 5.60. The molecule has 17 heavy (non-hydrogen) atoms. The molecule has 3 heteroatoms. The second-order valence-electron chi connectivity index (χ2n) is 4.13. The molecule has 0 fully saturated rings.